The molecule has 1 atom stereocenters. The monoisotopic (exact) mass is 482 g/mol. The Morgan fingerprint density at radius 2 is 2.06 bits per heavy atom. The van der Waals surface area contributed by atoms with E-state index >= 15 is 0 Å². The number of nitrogens with zero attached hydrogens (tertiary/aromatic N) is 4. The summed E-state index contributed by atoms with van der Waals surface area (Å²) < 4.78 is 1.71. The predicted molar refractivity (Wildman–Crippen MR) is 134 cm³/mol. The second kappa shape index (κ2) is 9.92. The van der Waals surface area contributed by atoms with Crippen molar-refractivity contribution in [3.8, 4) is 0 Å². The van der Waals surface area contributed by atoms with E-state index in [0.717, 1.165) is 36.2 Å². The third kappa shape index (κ3) is 5.11. The zero-order valence-electron chi connectivity index (χ0n) is 19.9. The van der Waals surface area contributed by atoms with Crippen molar-refractivity contribution >= 4 is 44.3 Å². The molecule has 3 heterocycles. The molecule has 0 radical (unpaired) electrons. The van der Waals surface area contributed by atoms with Gasteiger partial charge in [0.15, 0.2) is 10.8 Å². The molecule has 2 N–H and O–H groups in total. The first-order chi connectivity index (χ1) is 16.2. The van der Waals surface area contributed by atoms with Crippen molar-refractivity contribution < 1.29 is 9.59 Å². The summed E-state index contributed by atoms with van der Waals surface area (Å²) in [6.45, 7) is 9.03. The first kappa shape index (κ1) is 23.9. The topological polar surface area (TPSA) is 109 Å². The number of aryl methyl sites for hydroxylation is 1. The second-order valence-electron chi connectivity index (χ2n) is 9.07. The lowest BCUT2D eigenvalue weighted by molar-refractivity contribution is -0.125. The summed E-state index contributed by atoms with van der Waals surface area (Å²) in [4.78, 5) is 49.1. The highest BCUT2D eigenvalue weighted by atomic mass is 32.1. The fourth-order valence-electron chi connectivity index (χ4n) is 4.08. The van der Waals surface area contributed by atoms with Crippen LogP contribution in [0, 0.1) is 19.8 Å². The van der Waals surface area contributed by atoms with E-state index in [1.807, 2.05) is 45.9 Å². The zero-order valence-corrected chi connectivity index (χ0v) is 20.7. The second-order valence-corrected chi connectivity index (χ2v) is 10.0. The maximum Gasteiger partial charge on any atom is 0.273 e. The Labute approximate surface area is 202 Å². The summed E-state index contributed by atoms with van der Waals surface area (Å²) >= 11 is 1.26. The fourth-order valence-corrected chi connectivity index (χ4v) is 5.09. The third-order valence-electron chi connectivity index (χ3n) is 6.06. The van der Waals surface area contributed by atoms with E-state index < -0.39 is 0 Å². The van der Waals surface area contributed by atoms with Gasteiger partial charge in [0.1, 0.15) is 17.6 Å². The summed E-state index contributed by atoms with van der Waals surface area (Å²) in [6.07, 6.45) is 3.08. The minimum absolute atomic E-state index is 0.0520. The van der Waals surface area contributed by atoms with Crippen LogP contribution in [-0.4, -0.2) is 45.5 Å². The number of benzene rings is 1. The number of hydrogen-bond donors (Lipinski definition) is 2. The van der Waals surface area contributed by atoms with Gasteiger partial charge in [-0.25, -0.2) is 4.98 Å². The molecular weight excluding hydrogens is 452 g/mol. The van der Waals surface area contributed by atoms with Crippen LogP contribution in [0.3, 0.4) is 0 Å². The minimum Gasteiger partial charge on any atom is -0.354 e. The number of amides is 2. The van der Waals surface area contributed by atoms with Crippen LogP contribution in [0.15, 0.2) is 29.3 Å². The van der Waals surface area contributed by atoms with Gasteiger partial charge < -0.3 is 15.5 Å². The molecule has 0 saturated carbocycles. The molecule has 180 valence electrons. The molecule has 4 rings (SSSR count). The number of hydrogen-bond acceptors (Lipinski definition) is 7. The molecule has 34 heavy (non-hydrogen) atoms. The molecule has 9 nitrogen and oxygen atoms in total. The summed E-state index contributed by atoms with van der Waals surface area (Å²) in [5.41, 5.74) is 2.87. The molecular formula is C24H30N6O3S. The molecule has 0 aliphatic carbocycles. The van der Waals surface area contributed by atoms with Crippen molar-refractivity contribution in [2.75, 3.05) is 23.3 Å². The maximum absolute atomic E-state index is 13.1. The molecule has 1 aliphatic rings. The van der Waals surface area contributed by atoms with Crippen LogP contribution in [-0.2, 0) is 16.1 Å². The molecule has 0 unspecified atom stereocenters. The summed E-state index contributed by atoms with van der Waals surface area (Å²) in [5, 5.41) is 6.54. The van der Waals surface area contributed by atoms with E-state index in [1.54, 1.807) is 0 Å². The van der Waals surface area contributed by atoms with E-state index in [-0.39, 0.29) is 35.9 Å². The third-order valence-corrected chi connectivity index (χ3v) is 7.15. The van der Waals surface area contributed by atoms with Gasteiger partial charge in [0.05, 0.1) is 5.92 Å². The number of thiazole rings is 1. The van der Waals surface area contributed by atoms with Crippen LogP contribution < -0.4 is 21.1 Å². The van der Waals surface area contributed by atoms with Gasteiger partial charge in [0, 0.05) is 24.8 Å². The van der Waals surface area contributed by atoms with Crippen LogP contribution in [0.2, 0.25) is 0 Å². The first-order valence-corrected chi connectivity index (χ1v) is 12.3. The number of carbonyl (C=O) groups excluding carboxylic acids is 2. The van der Waals surface area contributed by atoms with Crippen LogP contribution in [0.25, 0.3) is 10.3 Å². The van der Waals surface area contributed by atoms with Crippen molar-refractivity contribution in [2.24, 2.45) is 5.92 Å². The van der Waals surface area contributed by atoms with Crippen molar-refractivity contribution in [3.05, 3.63) is 46.0 Å². The summed E-state index contributed by atoms with van der Waals surface area (Å²) in [5.74, 6) is -0.352. The normalized spacial score (nSPS) is 16.1. The van der Waals surface area contributed by atoms with Crippen molar-refractivity contribution in [3.63, 3.8) is 0 Å². The number of anilines is 2. The Morgan fingerprint density at radius 1 is 1.26 bits per heavy atom. The Morgan fingerprint density at radius 3 is 2.82 bits per heavy atom. The minimum atomic E-state index is -0.295. The summed E-state index contributed by atoms with van der Waals surface area (Å²) in [7, 11) is 0. The van der Waals surface area contributed by atoms with Gasteiger partial charge in [-0.15, -0.1) is 0 Å². The molecule has 2 amide bonds. The van der Waals surface area contributed by atoms with Crippen molar-refractivity contribution in [2.45, 2.75) is 53.1 Å². The molecule has 3 aromatic rings. The molecule has 10 heteroatoms. The van der Waals surface area contributed by atoms with Gasteiger partial charge in [0.25, 0.3) is 5.56 Å². The SMILES string of the molecule is Cc1cccc(NC(=O)Cn2cnc3nc(N4CCC[C@@H](C(=O)NC(C)C)C4)sc3c2=O)c1C. The van der Waals surface area contributed by atoms with Gasteiger partial charge in [-0.2, -0.15) is 4.98 Å². The van der Waals surface area contributed by atoms with Gasteiger partial charge in [-0.1, -0.05) is 23.5 Å². The Kier molecular flexibility index (Phi) is 6.97. The number of piperidine rings is 1. The van der Waals surface area contributed by atoms with E-state index in [9.17, 15) is 14.4 Å². The van der Waals surface area contributed by atoms with E-state index in [1.165, 1.54) is 22.2 Å². The highest BCUT2D eigenvalue weighted by Crippen LogP contribution is 2.29. The maximum atomic E-state index is 13.1. The molecule has 1 aliphatic heterocycles. The number of rotatable bonds is 6. The van der Waals surface area contributed by atoms with Gasteiger partial charge in [0.2, 0.25) is 11.8 Å². The highest BCUT2D eigenvalue weighted by Gasteiger charge is 2.28. The fraction of sp³-hybridized carbons (Fsp3) is 0.458. The highest BCUT2D eigenvalue weighted by molar-refractivity contribution is 7.22. The number of nitrogens with one attached hydrogen (secondary N) is 2. The molecule has 1 aromatic carbocycles. The van der Waals surface area contributed by atoms with E-state index in [4.69, 9.17) is 0 Å². The lowest BCUT2D eigenvalue weighted by Gasteiger charge is -2.32. The smallest absolute Gasteiger partial charge is 0.273 e. The van der Waals surface area contributed by atoms with Crippen molar-refractivity contribution in [1.82, 2.24) is 19.9 Å². The van der Waals surface area contributed by atoms with E-state index in [2.05, 4.69) is 25.5 Å². The Hall–Kier alpha value is -3.27. The average molecular weight is 483 g/mol. The molecule has 1 saturated heterocycles. The van der Waals surface area contributed by atoms with E-state index in [0.29, 0.717) is 22.0 Å². The lowest BCUT2D eigenvalue weighted by Crippen LogP contribution is -2.44. The molecule has 0 bridgehead atoms. The molecule has 1 fully saturated rings. The predicted octanol–water partition coefficient (Wildman–Crippen LogP) is 2.85. The largest absolute Gasteiger partial charge is 0.354 e. The Bertz CT molecular complexity index is 1280. The molecule has 2 aromatic heterocycles. The Balaban J connectivity index is 1.50. The van der Waals surface area contributed by atoms with Crippen LogP contribution >= 0.6 is 11.3 Å². The average Bonchev–Trinajstić information content (AvgIpc) is 3.24. The number of carbonyl (C=O) groups is 2. The summed E-state index contributed by atoms with van der Waals surface area (Å²) in [6, 6.07) is 5.80. The quantitative estimate of drug-likeness (QED) is 0.559. The zero-order chi connectivity index (χ0) is 24.4. The van der Waals surface area contributed by atoms with Crippen LogP contribution in [0.5, 0.6) is 0 Å². The van der Waals surface area contributed by atoms with Crippen molar-refractivity contribution in [1.29, 1.82) is 0 Å². The number of aromatic nitrogens is 3. The van der Waals surface area contributed by atoms with Crippen LogP contribution in [0.4, 0.5) is 10.8 Å². The first-order valence-electron chi connectivity index (χ1n) is 11.5. The standard InChI is InChI=1S/C24H30N6O3S/c1-14(2)26-22(32)17-8-6-10-29(11-17)24-28-21-20(34-24)23(33)30(13-25-21)12-19(31)27-18-9-5-7-15(3)16(18)4/h5,7,9,13-14,17H,6,8,10-12H2,1-4H3,(H,26,32)(H,27,31)/t17-/m1/s1. The van der Waals surface area contributed by atoms with Gasteiger partial charge in [-0.05, 0) is 57.7 Å². The van der Waals surface area contributed by atoms with Gasteiger partial charge >= 0.3 is 0 Å². The number of fused-ring (bicyclic) bond motifs is 1. The molecule has 0 spiro atoms. The lowest BCUT2D eigenvalue weighted by atomic mass is 9.97. The van der Waals surface area contributed by atoms with Crippen LogP contribution in [0.1, 0.15) is 37.8 Å². The van der Waals surface area contributed by atoms with Gasteiger partial charge in [-0.3, -0.25) is 19.0 Å².